The molecule has 5 aromatic rings. The number of pyridine rings is 1. The molecule has 6 heterocycles. The Balaban J connectivity index is 0.595. The summed E-state index contributed by atoms with van der Waals surface area (Å²) in [5.41, 5.74) is 4.06. The highest BCUT2D eigenvalue weighted by atomic mass is 16.6. The molecule has 2 atom stereocenters. The van der Waals surface area contributed by atoms with E-state index in [1.165, 1.54) is 0 Å². The summed E-state index contributed by atoms with van der Waals surface area (Å²) in [6.45, 7) is 14.9. The van der Waals surface area contributed by atoms with Crippen LogP contribution in [0.1, 0.15) is 136 Å². The second-order valence-corrected chi connectivity index (χ2v) is 23.1. The Hall–Kier alpha value is -7.95. The fourth-order valence-corrected chi connectivity index (χ4v) is 11.0. The zero-order valence-corrected chi connectivity index (χ0v) is 49.4. The van der Waals surface area contributed by atoms with Gasteiger partial charge >= 0.3 is 6.09 Å². The van der Waals surface area contributed by atoms with Gasteiger partial charge in [-0.3, -0.25) is 39.4 Å². The summed E-state index contributed by atoms with van der Waals surface area (Å²) in [7, 11) is 0. The van der Waals surface area contributed by atoms with Crippen molar-refractivity contribution in [3.63, 3.8) is 0 Å². The van der Waals surface area contributed by atoms with Gasteiger partial charge in [-0.05, 0) is 144 Å². The number of nitrogens with zero attached hydrogens (tertiary/aromatic N) is 7. The van der Waals surface area contributed by atoms with Crippen molar-refractivity contribution in [1.29, 1.82) is 0 Å². The molecule has 4 N–H and O–H groups in total. The Kier molecular flexibility index (Phi) is 21.2. The number of hydrogen-bond acceptors (Lipinski definition) is 16. The number of fused-ring (bicyclic) bond motifs is 1. The number of aromatic amines is 1. The molecule has 2 aromatic heterocycles. The van der Waals surface area contributed by atoms with E-state index in [2.05, 4.69) is 36.0 Å². The van der Waals surface area contributed by atoms with Crippen LogP contribution in [0.5, 0.6) is 5.75 Å². The summed E-state index contributed by atoms with van der Waals surface area (Å²) in [5, 5.41) is 16.9. The lowest BCUT2D eigenvalue weighted by Gasteiger charge is -2.41. The molecule has 4 aliphatic heterocycles. The van der Waals surface area contributed by atoms with Crippen molar-refractivity contribution in [2.75, 3.05) is 95.7 Å². The number of unbranched alkanes of at least 4 members (excludes halogenated alkanes) is 3. The van der Waals surface area contributed by atoms with Crippen LogP contribution in [0.2, 0.25) is 0 Å². The lowest BCUT2D eigenvalue weighted by Crippen LogP contribution is -2.52. The number of piperazine rings is 1. The molecule has 0 spiro atoms. The number of H-pyrrole nitrogens is 1. The minimum absolute atomic E-state index is 0.112. The van der Waals surface area contributed by atoms with Gasteiger partial charge in [0.15, 0.2) is 11.6 Å². The van der Waals surface area contributed by atoms with Crippen LogP contribution < -0.4 is 25.6 Å². The van der Waals surface area contributed by atoms with Gasteiger partial charge in [-0.1, -0.05) is 24.6 Å². The summed E-state index contributed by atoms with van der Waals surface area (Å²) < 4.78 is 29.0. The largest absolute Gasteiger partial charge is 0.494 e. The fraction of sp³-hybridized carbons (Fsp3) is 0.508. The number of ether oxygens (including phenoxy) is 5. The maximum atomic E-state index is 13.8. The number of aromatic nitrogens is 4. The molecule has 0 bridgehead atoms. The number of piperidine rings is 2. The monoisotopic (exact) mass is 1170 g/mol. The number of imide groups is 1. The number of carbonyl (C=O) groups excluding carboxylic acids is 6. The number of benzene rings is 3. The van der Waals surface area contributed by atoms with Crippen LogP contribution in [-0.4, -0.2) is 168 Å². The number of nitrogens with one attached hydrogen (secondary N) is 4. The standard InChI is InChI=1S/C63H81N11O11/c1-44(65-57(77)47-13-9-14-49(40-47)68-63(23-27-73(28-24-63)61(80)85-62(2,3)4)60-67-56(69-70-60)45-21-25-64-26-22-45)46-12-10-15-51(42-46)84-35-8-6-5-7-33-81-36-38-83-39-37-82-34-11-16-55(76)72-31-29-71(30-32-72)50-17-18-52-48(41-50)43-74(59(52)79)53-19-20-54(75)66-58(53)78/h9-10,12-15,17-18,21-22,25-26,40-42,44,53,68H,5-8,11,16,19-20,23-24,27-39,43H2,1-4H3,(H,65,77)(H,66,75,78)(H,67,69,70)/t44-,53?/m1/s1. The predicted molar refractivity (Wildman–Crippen MR) is 318 cm³/mol. The van der Waals surface area contributed by atoms with Crippen molar-refractivity contribution >= 4 is 47.0 Å². The van der Waals surface area contributed by atoms with Crippen molar-refractivity contribution in [3.8, 4) is 17.1 Å². The Morgan fingerprint density at radius 2 is 1.47 bits per heavy atom. The second-order valence-electron chi connectivity index (χ2n) is 23.1. The normalized spacial score (nSPS) is 17.3. The van der Waals surface area contributed by atoms with Crippen LogP contribution in [-0.2, 0) is 45.4 Å². The zero-order valence-electron chi connectivity index (χ0n) is 49.4. The molecule has 22 heteroatoms. The Labute approximate surface area is 497 Å². The van der Waals surface area contributed by atoms with Gasteiger partial charge in [-0.25, -0.2) is 9.78 Å². The van der Waals surface area contributed by atoms with E-state index in [1.54, 1.807) is 28.3 Å². The molecular formula is C63H81N11O11. The van der Waals surface area contributed by atoms with Crippen molar-refractivity contribution < 1.29 is 52.5 Å². The topological polar surface area (TPSA) is 252 Å². The van der Waals surface area contributed by atoms with E-state index in [0.717, 1.165) is 59.5 Å². The number of anilines is 2. The number of amides is 6. The molecule has 85 heavy (non-hydrogen) atoms. The van der Waals surface area contributed by atoms with Gasteiger partial charge in [0.25, 0.3) is 11.8 Å². The third-order valence-corrected chi connectivity index (χ3v) is 15.7. The molecule has 454 valence electrons. The molecular weight excluding hydrogens is 1090 g/mol. The minimum Gasteiger partial charge on any atom is -0.494 e. The SMILES string of the molecule is C[C@@H](NC(=O)c1cccc(NC2(c3nc(-c4ccncc4)n[nH]3)CCN(C(=O)OC(C)(C)C)CC2)c1)c1cccc(OCCCCCCOCCOCCOCCCC(=O)N2CCN(c3ccc4c(c3)CN(C3CCC(=O)NC3=O)C4=O)CC2)c1. The molecule has 22 nitrogen and oxygen atoms in total. The van der Waals surface area contributed by atoms with Gasteiger partial charge in [-0.15, -0.1) is 0 Å². The maximum absolute atomic E-state index is 13.8. The molecule has 3 aromatic carbocycles. The third-order valence-electron chi connectivity index (χ3n) is 15.7. The number of rotatable bonds is 27. The molecule has 4 aliphatic rings. The maximum Gasteiger partial charge on any atom is 0.410 e. The molecule has 0 aliphatic carbocycles. The first kappa shape index (κ1) is 61.6. The van der Waals surface area contributed by atoms with E-state index in [0.29, 0.717) is 147 Å². The van der Waals surface area contributed by atoms with E-state index < -0.39 is 23.1 Å². The first-order valence-corrected chi connectivity index (χ1v) is 29.9. The fourth-order valence-electron chi connectivity index (χ4n) is 11.0. The summed E-state index contributed by atoms with van der Waals surface area (Å²) in [6, 6.07) is 23.7. The summed E-state index contributed by atoms with van der Waals surface area (Å²) in [5.74, 6) is 0.891. The third kappa shape index (κ3) is 16.9. The lowest BCUT2D eigenvalue weighted by atomic mass is 9.86. The van der Waals surface area contributed by atoms with Crippen LogP contribution in [0.15, 0.2) is 91.3 Å². The van der Waals surface area contributed by atoms with Gasteiger partial charge in [0.2, 0.25) is 17.7 Å². The number of likely N-dealkylation sites (tertiary alicyclic amines) is 1. The molecule has 6 amide bonds. The predicted octanol–water partition coefficient (Wildman–Crippen LogP) is 7.58. The first-order valence-electron chi connectivity index (χ1n) is 29.9. The van der Waals surface area contributed by atoms with Gasteiger partial charge in [-0.2, -0.15) is 5.10 Å². The van der Waals surface area contributed by atoms with Crippen LogP contribution >= 0.6 is 0 Å². The molecule has 3 saturated heterocycles. The lowest BCUT2D eigenvalue weighted by molar-refractivity contribution is -0.137. The highest BCUT2D eigenvalue weighted by molar-refractivity contribution is 6.05. The molecule has 0 saturated carbocycles. The summed E-state index contributed by atoms with van der Waals surface area (Å²) in [4.78, 5) is 93.3. The average Bonchev–Trinajstić information content (AvgIpc) is 3.47. The summed E-state index contributed by atoms with van der Waals surface area (Å²) >= 11 is 0. The quantitative estimate of drug-likeness (QED) is 0.0292. The summed E-state index contributed by atoms with van der Waals surface area (Å²) in [6.07, 6.45) is 9.54. The Bertz CT molecular complexity index is 3080. The van der Waals surface area contributed by atoms with Gasteiger partial charge < -0.3 is 53.9 Å². The Morgan fingerprint density at radius 1 is 0.765 bits per heavy atom. The number of hydrogen-bond donors (Lipinski definition) is 4. The van der Waals surface area contributed by atoms with Crippen LogP contribution in [0.3, 0.4) is 0 Å². The van der Waals surface area contributed by atoms with Crippen molar-refractivity contribution in [1.82, 2.24) is 45.5 Å². The first-order chi connectivity index (χ1) is 41.1. The highest BCUT2D eigenvalue weighted by Gasteiger charge is 2.42. The van der Waals surface area contributed by atoms with Gasteiger partial charge in [0.1, 0.15) is 22.9 Å². The second kappa shape index (κ2) is 29.2. The molecule has 9 rings (SSSR count). The van der Waals surface area contributed by atoms with Crippen LogP contribution in [0.25, 0.3) is 11.4 Å². The van der Waals surface area contributed by atoms with E-state index in [1.807, 2.05) is 105 Å². The number of carbonyl (C=O) groups is 6. The molecule has 0 radical (unpaired) electrons. The average molecular weight is 1170 g/mol. The highest BCUT2D eigenvalue weighted by Crippen LogP contribution is 2.37. The molecule has 1 unspecified atom stereocenters. The smallest absolute Gasteiger partial charge is 0.410 e. The van der Waals surface area contributed by atoms with Crippen LogP contribution in [0, 0.1) is 0 Å². The minimum atomic E-state index is -0.726. The van der Waals surface area contributed by atoms with Crippen molar-refractivity contribution in [2.24, 2.45) is 0 Å². The Morgan fingerprint density at radius 3 is 2.20 bits per heavy atom. The van der Waals surface area contributed by atoms with Crippen LogP contribution in [0.4, 0.5) is 16.2 Å². The molecule has 3 fully saturated rings. The van der Waals surface area contributed by atoms with E-state index in [9.17, 15) is 28.8 Å². The van der Waals surface area contributed by atoms with Crippen molar-refractivity contribution in [3.05, 3.63) is 119 Å². The van der Waals surface area contributed by atoms with E-state index in [-0.39, 0.29) is 42.2 Å². The zero-order chi connectivity index (χ0) is 59.8. The van der Waals surface area contributed by atoms with E-state index in [4.69, 9.17) is 28.7 Å². The van der Waals surface area contributed by atoms with Gasteiger partial charge in [0, 0.05) is 112 Å². The van der Waals surface area contributed by atoms with Crippen molar-refractivity contribution in [2.45, 2.75) is 122 Å². The van der Waals surface area contributed by atoms with Gasteiger partial charge in [0.05, 0.1) is 39.1 Å². The van der Waals surface area contributed by atoms with E-state index >= 15 is 0 Å².